The third-order valence-corrected chi connectivity index (χ3v) is 1.50. The Morgan fingerprint density at radius 3 is 1.92 bits per heavy atom. The maximum absolute atomic E-state index is 10.6. The first kappa shape index (κ1) is 13.0. The first-order valence-corrected chi connectivity index (χ1v) is 4.25. The summed E-state index contributed by atoms with van der Waals surface area (Å²) in [5.41, 5.74) is 0. The molecular weight excluding hydrogens is 213 g/mol. The van der Waals surface area contributed by atoms with Gasteiger partial charge in [-0.15, -0.1) is 9.35 Å². The molecule has 1 rings (SSSR count). The fourth-order valence-electron chi connectivity index (χ4n) is 0.730. The average molecular weight is 217 g/mol. The number of hydroxylamine groups is 2. The second-order valence-corrected chi connectivity index (χ2v) is 3.03. The van der Waals surface area contributed by atoms with Crippen LogP contribution in [0.25, 0.3) is 0 Å². The largest absolute Gasteiger partial charge is 1.00 e. The fourth-order valence-corrected chi connectivity index (χ4v) is 1.08. The Labute approximate surface area is 96.2 Å². The van der Waals surface area contributed by atoms with Gasteiger partial charge in [-0.05, 0) is 0 Å². The van der Waals surface area contributed by atoms with Crippen LogP contribution in [0.3, 0.4) is 0 Å². The molecule has 1 fully saturated rings. The molecule has 0 aromatic heterocycles. The number of imide groups is 1. The van der Waals surface area contributed by atoms with Gasteiger partial charge in [0.2, 0.25) is 10.4 Å². The molecule has 13 heavy (non-hydrogen) atoms. The van der Waals surface area contributed by atoms with Crippen LogP contribution >= 0.6 is 0 Å². The third kappa shape index (κ3) is 3.71. The molecule has 1 saturated heterocycles. The maximum Gasteiger partial charge on any atom is 1.00 e. The molecule has 0 aliphatic carbocycles. The summed E-state index contributed by atoms with van der Waals surface area (Å²) in [5, 5.41) is -0.0255. The molecule has 9 heteroatoms. The SMILES string of the molecule is O=C1CCC(=O)N1OS(=O)(=O)[O-].[Na+]. The minimum Gasteiger partial charge on any atom is -0.724 e. The summed E-state index contributed by atoms with van der Waals surface area (Å²) >= 11 is 0. The van der Waals surface area contributed by atoms with Gasteiger partial charge in [-0.2, -0.15) is 0 Å². The number of carbonyl (C=O) groups excluding carboxylic acids is 2. The zero-order chi connectivity index (χ0) is 9.35. The summed E-state index contributed by atoms with van der Waals surface area (Å²) in [6, 6.07) is 0. The molecule has 1 aliphatic rings. The minimum atomic E-state index is -5.04. The maximum atomic E-state index is 10.6. The van der Waals surface area contributed by atoms with Gasteiger partial charge in [0.05, 0.1) is 0 Å². The van der Waals surface area contributed by atoms with E-state index < -0.39 is 22.2 Å². The van der Waals surface area contributed by atoms with Crippen molar-refractivity contribution >= 4 is 22.2 Å². The molecule has 1 heterocycles. The first-order valence-electron chi connectivity index (χ1n) is 2.91. The van der Waals surface area contributed by atoms with Crippen molar-refractivity contribution in [3.8, 4) is 0 Å². The van der Waals surface area contributed by atoms with E-state index in [1.807, 2.05) is 0 Å². The van der Waals surface area contributed by atoms with Crippen molar-refractivity contribution in [1.82, 2.24) is 5.06 Å². The van der Waals surface area contributed by atoms with Gasteiger partial charge < -0.3 is 4.55 Å². The van der Waals surface area contributed by atoms with Gasteiger partial charge in [0.15, 0.2) is 0 Å². The topological polar surface area (TPSA) is 104 Å². The van der Waals surface area contributed by atoms with Gasteiger partial charge in [0.1, 0.15) is 0 Å². The van der Waals surface area contributed by atoms with Crippen LogP contribution in [0.1, 0.15) is 12.8 Å². The van der Waals surface area contributed by atoms with Crippen LogP contribution in [-0.4, -0.2) is 29.8 Å². The number of nitrogens with zero attached hydrogens (tertiary/aromatic N) is 1. The second-order valence-electron chi connectivity index (χ2n) is 2.06. The van der Waals surface area contributed by atoms with Gasteiger partial charge >= 0.3 is 29.6 Å². The summed E-state index contributed by atoms with van der Waals surface area (Å²) in [6.45, 7) is 0. The molecule has 7 nitrogen and oxygen atoms in total. The zero-order valence-corrected chi connectivity index (χ0v) is 9.54. The van der Waals surface area contributed by atoms with Crippen molar-refractivity contribution < 1.29 is 56.4 Å². The molecule has 0 aromatic rings. The molecule has 0 unspecified atom stereocenters. The molecule has 0 atom stereocenters. The Balaban J connectivity index is 0.00000144. The molecule has 0 spiro atoms. The monoisotopic (exact) mass is 217 g/mol. The van der Waals surface area contributed by atoms with Crippen molar-refractivity contribution in [3.05, 3.63) is 0 Å². The van der Waals surface area contributed by atoms with Crippen molar-refractivity contribution in [1.29, 1.82) is 0 Å². The van der Waals surface area contributed by atoms with E-state index in [0.717, 1.165) is 0 Å². The van der Waals surface area contributed by atoms with Gasteiger partial charge in [-0.3, -0.25) is 9.59 Å². The van der Waals surface area contributed by atoms with Crippen molar-refractivity contribution in [2.75, 3.05) is 0 Å². The number of rotatable bonds is 2. The van der Waals surface area contributed by atoms with Crippen molar-refractivity contribution in [2.45, 2.75) is 12.8 Å². The Morgan fingerprint density at radius 2 is 1.62 bits per heavy atom. The molecule has 68 valence electrons. The number of hydrogen-bond donors (Lipinski definition) is 0. The van der Waals surface area contributed by atoms with Gasteiger partial charge in [0.25, 0.3) is 11.8 Å². The Kier molecular flexibility index (Phi) is 4.49. The Bertz CT molecular complexity index is 308. The van der Waals surface area contributed by atoms with E-state index in [1.165, 1.54) is 0 Å². The first-order chi connectivity index (χ1) is 5.40. The summed E-state index contributed by atoms with van der Waals surface area (Å²) in [6.07, 6.45) is -0.261. The van der Waals surface area contributed by atoms with Crippen LogP contribution in [0.2, 0.25) is 0 Å². The normalized spacial score (nSPS) is 17.5. The summed E-state index contributed by atoms with van der Waals surface area (Å²) < 4.78 is 33.4. The molecule has 2 amide bonds. The summed E-state index contributed by atoms with van der Waals surface area (Å²) in [5.74, 6) is -1.64. The van der Waals surface area contributed by atoms with E-state index in [1.54, 1.807) is 0 Å². The quantitative estimate of drug-likeness (QED) is 0.200. The number of carbonyl (C=O) groups is 2. The van der Waals surface area contributed by atoms with Crippen LogP contribution in [0.4, 0.5) is 0 Å². The Hall–Kier alpha value is 0.01000. The van der Waals surface area contributed by atoms with Crippen LogP contribution in [0.5, 0.6) is 0 Å². The van der Waals surface area contributed by atoms with E-state index in [9.17, 15) is 22.6 Å². The van der Waals surface area contributed by atoms with E-state index in [0.29, 0.717) is 0 Å². The van der Waals surface area contributed by atoms with Crippen molar-refractivity contribution in [3.63, 3.8) is 0 Å². The Morgan fingerprint density at radius 1 is 1.23 bits per heavy atom. The third-order valence-electron chi connectivity index (χ3n) is 1.17. The smallest absolute Gasteiger partial charge is 0.724 e. The summed E-state index contributed by atoms with van der Waals surface area (Å²) in [4.78, 5) is 21.3. The molecule has 1 aliphatic heterocycles. The fraction of sp³-hybridized carbons (Fsp3) is 0.500. The van der Waals surface area contributed by atoms with E-state index in [-0.39, 0.29) is 47.5 Å². The predicted molar refractivity (Wildman–Crippen MR) is 31.9 cm³/mol. The van der Waals surface area contributed by atoms with Crippen LogP contribution in [-0.2, 0) is 24.3 Å². The predicted octanol–water partition coefficient (Wildman–Crippen LogP) is -4.47. The number of hydrogen-bond acceptors (Lipinski definition) is 6. The molecule has 0 saturated carbocycles. The molecule has 0 bridgehead atoms. The van der Waals surface area contributed by atoms with Crippen LogP contribution in [0, 0.1) is 0 Å². The van der Waals surface area contributed by atoms with Gasteiger partial charge in [-0.1, -0.05) is 0 Å². The second kappa shape index (κ2) is 4.49. The molecular formula is C4H4NNaO6S. The van der Waals surface area contributed by atoms with Crippen molar-refractivity contribution in [2.24, 2.45) is 0 Å². The zero-order valence-electron chi connectivity index (χ0n) is 6.72. The van der Waals surface area contributed by atoms with Gasteiger partial charge in [-0.25, -0.2) is 8.42 Å². The van der Waals surface area contributed by atoms with E-state index >= 15 is 0 Å². The van der Waals surface area contributed by atoms with Crippen LogP contribution in [0.15, 0.2) is 0 Å². The van der Waals surface area contributed by atoms with E-state index in [4.69, 9.17) is 0 Å². The molecule has 0 N–H and O–H groups in total. The van der Waals surface area contributed by atoms with E-state index in [2.05, 4.69) is 4.28 Å². The number of amides is 2. The standard InChI is InChI=1S/C4H5NO6S.Na/c6-3-1-2-4(7)5(3)11-12(8,9)10;/h1-2H2,(H,8,9,10);/q;+1/p-1. The average Bonchev–Trinajstić information content (AvgIpc) is 2.16. The summed E-state index contributed by atoms with van der Waals surface area (Å²) in [7, 11) is -5.04. The molecule has 0 radical (unpaired) electrons. The van der Waals surface area contributed by atoms with Gasteiger partial charge in [0, 0.05) is 12.8 Å². The van der Waals surface area contributed by atoms with Crippen LogP contribution < -0.4 is 29.6 Å². The minimum absolute atomic E-state index is 0. The molecule has 0 aromatic carbocycles.